The predicted octanol–water partition coefficient (Wildman–Crippen LogP) is 1.67. The Bertz CT molecular complexity index is 146. The molecule has 60 valence electrons. The lowest BCUT2D eigenvalue weighted by Gasteiger charge is -2.32. The van der Waals surface area contributed by atoms with Gasteiger partial charge in [0, 0.05) is 0 Å². The first-order chi connectivity index (χ1) is 4.19. The summed E-state index contributed by atoms with van der Waals surface area (Å²) < 4.78 is -1.26. The Morgan fingerprint density at radius 3 is 1.60 bits per heavy atom. The monoisotopic (exact) mass is 180 g/mol. The van der Waals surface area contributed by atoms with E-state index >= 15 is 0 Å². The lowest BCUT2D eigenvalue weighted by molar-refractivity contribution is -0.139. The molecule has 0 bridgehead atoms. The maximum absolute atomic E-state index is 10.5. The summed E-state index contributed by atoms with van der Waals surface area (Å²) in [7, 11) is 0. The number of carboxylic acids is 1. The number of hydrogen-bond acceptors (Lipinski definition) is 3. The molecule has 0 aromatic rings. The van der Waals surface area contributed by atoms with Gasteiger partial charge >= 0.3 is 5.97 Å². The summed E-state index contributed by atoms with van der Waals surface area (Å²) in [6.07, 6.45) is 0. The molecular weight excluding hydrogens is 168 g/mol. The number of hydrogen-bond donors (Lipinski definition) is 3. The van der Waals surface area contributed by atoms with Crippen LogP contribution in [0.1, 0.15) is 20.8 Å². The molecular formula is C6H12O2S2. The average Bonchev–Trinajstić information content (AvgIpc) is 1.62. The van der Waals surface area contributed by atoms with Gasteiger partial charge in [-0.15, -0.1) is 25.3 Å². The first kappa shape index (κ1) is 10.2. The minimum atomic E-state index is -1.26. The third-order valence-corrected chi connectivity index (χ3v) is 3.07. The molecule has 10 heavy (non-hydrogen) atoms. The number of carbonyl (C=O) groups is 1. The summed E-state index contributed by atoms with van der Waals surface area (Å²) in [5, 5.41) is 8.62. The van der Waals surface area contributed by atoms with Crippen molar-refractivity contribution in [3.8, 4) is 0 Å². The van der Waals surface area contributed by atoms with Crippen molar-refractivity contribution < 1.29 is 9.90 Å². The normalized spacial score (nSPS) is 13.3. The zero-order chi connectivity index (χ0) is 8.58. The SMILES string of the molecule is CC(C)(C)C(S)(S)C(=O)O. The highest BCUT2D eigenvalue weighted by Crippen LogP contribution is 2.39. The minimum absolute atomic E-state index is 0.453. The zero-order valence-electron chi connectivity index (χ0n) is 6.25. The van der Waals surface area contributed by atoms with Gasteiger partial charge in [-0.25, -0.2) is 4.79 Å². The second kappa shape index (κ2) is 2.66. The molecule has 0 aromatic carbocycles. The quantitative estimate of drug-likeness (QED) is 0.424. The summed E-state index contributed by atoms with van der Waals surface area (Å²) in [5.41, 5.74) is -0.453. The highest BCUT2D eigenvalue weighted by molar-refractivity contribution is 8.02. The summed E-state index contributed by atoms with van der Waals surface area (Å²) in [5.74, 6) is -1.01. The van der Waals surface area contributed by atoms with E-state index in [4.69, 9.17) is 5.11 Å². The van der Waals surface area contributed by atoms with Crippen molar-refractivity contribution in [2.24, 2.45) is 5.41 Å². The molecule has 0 aliphatic rings. The van der Waals surface area contributed by atoms with E-state index in [1.165, 1.54) is 0 Å². The number of thiol groups is 2. The first-order valence-electron chi connectivity index (χ1n) is 2.87. The Morgan fingerprint density at radius 1 is 1.30 bits per heavy atom. The van der Waals surface area contributed by atoms with Crippen LogP contribution in [0.2, 0.25) is 0 Å². The Kier molecular flexibility index (Phi) is 2.70. The van der Waals surface area contributed by atoms with Gasteiger partial charge in [-0.1, -0.05) is 20.8 Å². The van der Waals surface area contributed by atoms with Crippen molar-refractivity contribution in [3.05, 3.63) is 0 Å². The van der Waals surface area contributed by atoms with E-state index in [-0.39, 0.29) is 0 Å². The van der Waals surface area contributed by atoms with Crippen molar-refractivity contribution in [1.82, 2.24) is 0 Å². The molecule has 0 amide bonds. The summed E-state index contributed by atoms with van der Waals surface area (Å²) in [4.78, 5) is 10.5. The van der Waals surface area contributed by atoms with Gasteiger partial charge in [0.05, 0.1) is 0 Å². The van der Waals surface area contributed by atoms with E-state index in [1.54, 1.807) is 20.8 Å². The van der Waals surface area contributed by atoms with E-state index in [1.807, 2.05) is 0 Å². The highest BCUT2D eigenvalue weighted by atomic mass is 32.2. The molecule has 0 aromatic heterocycles. The number of aliphatic carboxylic acids is 1. The van der Waals surface area contributed by atoms with Crippen molar-refractivity contribution in [2.45, 2.75) is 24.9 Å². The Morgan fingerprint density at radius 2 is 1.60 bits per heavy atom. The van der Waals surface area contributed by atoms with E-state index < -0.39 is 15.5 Å². The first-order valence-corrected chi connectivity index (χ1v) is 3.77. The van der Waals surface area contributed by atoms with E-state index in [9.17, 15) is 4.79 Å². The second-order valence-corrected chi connectivity index (χ2v) is 4.92. The lowest BCUT2D eigenvalue weighted by atomic mass is 9.91. The zero-order valence-corrected chi connectivity index (χ0v) is 8.04. The molecule has 0 radical (unpaired) electrons. The van der Waals surface area contributed by atoms with Crippen LogP contribution in [0.4, 0.5) is 0 Å². The molecule has 1 N–H and O–H groups in total. The van der Waals surface area contributed by atoms with Gasteiger partial charge in [0.2, 0.25) is 0 Å². The van der Waals surface area contributed by atoms with Crippen LogP contribution in [0.3, 0.4) is 0 Å². The Hall–Kier alpha value is 0.170. The van der Waals surface area contributed by atoms with Crippen molar-refractivity contribution in [2.75, 3.05) is 0 Å². The molecule has 2 nitrogen and oxygen atoms in total. The van der Waals surface area contributed by atoms with Gasteiger partial charge in [-0.3, -0.25) is 0 Å². The molecule has 0 rings (SSSR count). The Labute approximate surface area is 71.8 Å². The fraction of sp³-hybridized carbons (Fsp3) is 0.833. The molecule has 0 spiro atoms. The van der Waals surface area contributed by atoms with Crippen LogP contribution in [0.15, 0.2) is 0 Å². The largest absolute Gasteiger partial charge is 0.480 e. The molecule has 0 saturated carbocycles. The molecule has 4 heteroatoms. The maximum Gasteiger partial charge on any atom is 0.330 e. The van der Waals surface area contributed by atoms with E-state index in [0.717, 1.165) is 0 Å². The summed E-state index contributed by atoms with van der Waals surface area (Å²) in [6, 6.07) is 0. The standard InChI is InChI=1S/C6H12O2S2/c1-5(2,3)6(9,10)4(7)8/h9-10H,1-3H3,(H,7,8). The molecule has 0 aliphatic heterocycles. The van der Waals surface area contributed by atoms with Gasteiger partial charge in [-0.2, -0.15) is 0 Å². The van der Waals surface area contributed by atoms with Crippen LogP contribution >= 0.6 is 25.3 Å². The fourth-order valence-electron chi connectivity index (χ4n) is 0.321. The Balaban J connectivity index is 4.57. The van der Waals surface area contributed by atoms with Gasteiger partial charge in [-0.05, 0) is 5.41 Å². The van der Waals surface area contributed by atoms with Crippen LogP contribution in [0, 0.1) is 5.41 Å². The van der Waals surface area contributed by atoms with E-state index in [0.29, 0.717) is 0 Å². The maximum atomic E-state index is 10.5. The third kappa shape index (κ3) is 1.83. The average molecular weight is 180 g/mol. The van der Waals surface area contributed by atoms with Gasteiger partial charge in [0.25, 0.3) is 0 Å². The van der Waals surface area contributed by atoms with Gasteiger partial charge < -0.3 is 5.11 Å². The summed E-state index contributed by atoms with van der Waals surface area (Å²) in [6.45, 7) is 5.34. The van der Waals surface area contributed by atoms with Crippen LogP contribution in [0.5, 0.6) is 0 Å². The molecule has 0 aliphatic carbocycles. The fourth-order valence-corrected chi connectivity index (χ4v) is 0.321. The molecule has 0 heterocycles. The van der Waals surface area contributed by atoms with Gasteiger partial charge in [0.15, 0.2) is 4.08 Å². The minimum Gasteiger partial charge on any atom is -0.480 e. The lowest BCUT2D eigenvalue weighted by Crippen LogP contribution is -2.39. The van der Waals surface area contributed by atoms with Crippen LogP contribution in [0.25, 0.3) is 0 Å². The number of carboxylic acid groups (broad SMARTS) is 1. The van der Waals surface area contributed by atoms with Crippen molar-refractivity contribution >= 4 is 31.2 Å². The number of rotatable bonds is 1. The highest BCUT2D eigenvalue weighted by Gasteiger charge is 2.42. The summed E-state index contributed by atoms with van der Waals surface area (Å²) >= 11 is 7.85. The molecule has 0 atom stereocenters. The smallest absolute Gasteiger partial charge is 0.330 e. The van der Waals surface area contributed by atoms with Crippen LogP contribution < -0.4 is 0 Å². The third-order valence-electron chi connectivity index (χ3n) is 1.34. The molecule has 0 saturated heterocycles. The van der Waals surface area contributed by atoms with Crippen molar-refractivity contribution in [3.63, 3.8) is 0 Å². The molecule has 0 unspecified atom stereocenters. The van der Waals surface area contributed by atoms with Crippen LogP contribution in [-0.4, -0.2) is 15.2 Å². The molecule has 0 fully saturated rings. The van der Waals surface area contributed by atoms with Gasteiger partial charge in [0.1, 0.15) is 0 Å². The van der Waals surface area contributed by atoms with Crippen molar-refractivity contribution in [1.29, 1.82) is 0 Å². The van der Waals surface area contributed by atoms with E-state index in [2.05, 4.69) is 25.3 Å². The second-order valence-electron chi connectivity index (χ2n) is 3.23. The predicted molar refractivity (Wildman–Crippen MR) is 47.8 cm³/mol. The topological polar surface area (TPSA) is 37.3 Å². The van der Waals surface area contributed by atoms with Crippen LogP contribution in [-0.2, 0) is 4.79 Å².